The third-order valence-corrected chi connectivity index (χ3v) is 4.43. The molecule has 23 heavy (non-hydrogen) atoms. The Morgan fingerprint density at radius 2 is 1.96 bits per heavy atom. The number of aliphatic hydroxyl groups is 1. The van der Waals surface area contributed by atoms with Crippen LogP contribution in [0.5, 0.6) is 0 Å². The van der Waals surface area contributed by atoms with Crippen molar-refractivity contribution in [2.24, 2.45) is 11.8 Å². The molecule has 0 bridgehead atoms. The van der Waals surface area contributed by atoms with Crippen LogP contribution in [0.25, 0.3) is 0 Å². The molecule has 0 spiro atoms. The number of halogens is 3. The molecule has 0 radical (unpaired) electrons. The largest absolute Gasteiger partial charge is 0.416 e. The number of amides is 1. The molecule has 3 nitrogen and oxygen atoms in total. The molecule has 1 amide bonds. The monoisotopic (exact) mass is 329 g/mol. The van der Waals surface area contributed by atoms with Crippen LogP contribution in [0.15, 0.2) is 24.3 Å². The van der Waals surface area contributed by atoms with E-state index in [4.69, 9.17) is 0 Å². The summed E-state index contributed by atoms with van der Waals surface area (Å²) >= 11 is 0. The number of hydrogen-bond donors (Lipinski definition) is 2. The number of aliphatic hydroxyl groups excluding tert-OH is 1. The van der Waals surface area contributed by atoms with E-state index in [1.807, 2.05) is 0 Å². The van der Waals surface area contributed by atoms with Crippen LogP contribution in [0, 0.1) is 11.8 Å². The van der Waals surface area contributed by atoms with Gasteiger partial charge in [-0.05, 0) is 37.0 Å². The van der Waals surface area contributed by atoms with E-state index in [0.29, 0.717) is 18.5 Å². The van der Waals surface area contributed by atoms with Gasteiger partial charge in [0.2, 0.25) is 5.91 Å². The van der Waals surface area contributed by atoms with E-state index in [0.717, 1.165) is 31.4 Å². The Labute approximate surface area is 133 Å². The summed E-state index contributed by atoms with van der Waals surface area (Å²) in [5, 5.41) is 12.6. The molecular formula is C17H22F3NO2. The molecule has 3 unspecified atom stereocenters. The minimum Gasteiger partial charge on any atom is -0.393 e. The molecule has 0 aromatic heterocycles. The molecule has 128 valence electrons. The second kappa shape index (κ2) is 7.34. The van der Waals surface area contributed by atoms with E-state index in [1.54, 1.807) is 6.92 Å². The van der Waals surface area contributed by atoms with Gasteiger partial charge in [0.1, 0.15) is 0 Å². The normalized spacial score (nSPS) is 22.8. The van der Waals surface area contributed by atoms with Crippen LogP contribution in [-0.2, 0) is 17.4 Å². The lowest BCUT2D eigenvalue weighted by atomic mass is 9.98. The molecule has 0 saturated heterocycles. The van der Waals surface area contributed by atoms with Crippen molar-refractivity contribution in [1.82, 2.24) is 5.32 Å². The van der Waals surface area contributed by atoms with Gasteiger partial charge in [-0.1, -0.05) is 25.5 Å². The number of rotatable bonds is 5. The SMILES string of the molecule is CC(Cc1ccc(C(F)(F)F)cc1)C(=O)NCC1CCCC1O. The Bertz CT molecular complexity index is 528. The lowest BCUT2D eigenvalue weighted by Gasteiger charge is -2.17. The molecule has 2 N–H and O–H groups in total. The molecule has 1 fully saturated rings. The molecular weight excluding hydrogens is 307 g/mol. The molecule has 1 aromatic carbocycles. The average molecular weight is 329 g/mol. The topological polar surface area (TPSA) is 49.3 Å². The number of alkyl halides is 3. The Kier molecular flexibility index (Phi) is 5.68. The summed E-state index contributed by atoms with van der Waals surface area (Å²) in [7, 11) is 0. The van der Waals surface area contributed by atoms with Crippen LogP contribution in [0.3, 0.4) is 0 Å². The van der Waals surface area contributed by atoms with Crippen LogP contribution < -0.4 is 5.32 Å². The van der Waals surface area contributed by atoms with Gasteiger partial charge in [-0.3, -0.25) is 4.79 Å². The van der Waals surface area contributed by atoms with Gasteiger partial charge in [-0.25, -0.2) is 0 Å². The zero-order chi connectivity index (χ0) is 17.0. The molecule has 2 rings (SSSR count). The van der Waals surface area contributed by atoms with Crippen molar-refractivity contribution in [2.75, 3.05) is 6.54 Å². The smallest absolute Gasteiger partial charge is 0.393 e. The third kappa shape index (κ3) is 4.96. The minimum atomic E-state index is -4.34. The van der Waals surface area contributed by atoms with E-state index in [-0.39, 0.29) is 23.8 Å². The zero-order valence-corrected chi connectivity index (χ0v) is 13.1. The maximum atomic E-state index is 12.5. The van der Waals surface area contributed by atoms with Gasteiger partial charge in [-0.15, -0.1) is 0 Å². The predicted octanol–water partition coefficient (Wildman–Crippen LogP) is 3.16. The van der Waals surface area contributed by atoms with E-state index >= 15 is 0 Å². The number of hydrogen-bond acceptors (Lipinski definition) is 2. The Morgan fingerprint density at radius 1 is 1.30 bits per heavy atom. The van der Waals surface area contributed by atoms with Crippen molar-refractivity contribution in [3.05, 3.63) is 35.4 Å². The summed E-state index contributed by atoms with van der Waals surface area (Å²) in [6.07, 6.45) is -1.64. The first-order chi connectivity index (χ1) is 10.8. The first kappa shape index (κ1) is 17.8. The van der Waals surface area contributed by atoms with Crippen molar-refractivity contribution in [3.8, 4) is 0 Å². The van der Waals surface area contributed by atoms with Gasteiger partial charge >= 0.3 is 6.18 Å². The molecule has 6 heteroatoms. The Balaban J connectivity index is 1.83. The maximum absolute atomic E-state index is 12.5. The fourth-order valence-electron chi connectivity index (χ4n) is 2.94. The number of benzene rings is 1. The van der Waals surface area contributed by atoms with Gasteiger partial charge in [0, 0.05) is 18.4 Å². The van der Waals surface area contributed by atoms with Crippen LogP contribution >= 0.6 is 0 Å². The third-order valence-electron chi connectivity index (χ3n) is 4.43. The van der Waals surface area contributed by atoms with E-state index < -0.39 is 11.7 Å². The maximum Gasteiger partial charge on any atom is 0.416 e. The van der Waals surface area contributed by atoms with Gasteiger partial charge < -0.3 is 10.4 Å². The number of carbonyl (C=O) groups excluding carboxylic acids is 1. The molecule has 1 aliphatic carbocycles. The summed E-state index contributed by atoms with van der Waals surface area (Å²) < 4.78 is 37.5. The highest BCUT2D eigenvalue weighted by molar-refractivity contribution is 5.78. The zero-order valence-electron chi connectivity index (χ0n) is 13.1. The van der Waals surface area contributed by atoms with Gasteiger partial charge in [0.15, 0.2) is 0 Å². The van der Waals surface area contributed by atoms with E-state index in [2.05, 4.69) is 5.32 Å². The van der Waals surface area contributed by atoms with Crippen LogP contribution in [0.1, 0.15) is 37.3 Å². The van der Waals surface area contributed by atoms with Crippen molar-refractivity contribution in [1.29, 1.82) is 0 Å². The van der Waals surface area contributed by atoms with E-state index in [9.17, 15) is 23.1 Å². The van der Waals surface area contributed by atoms with Crippen molar-refractivity contribution < 1.29 is 23.1 Å². The molecule has 3 atom stereocenters. The van der Waals surface area contributed by atoms with Crippen LogP contribution in [-0.4, -0.2) is 23.7 Å². The van der Waals surface area contributed by atoms with Gasteiger partial charge in [0.25, 0.3) is 0 Å². The molecule has 1 aliphatic rings. The molecule has 0 heterocycles. The summed E-state index contributed by atoms with van der Waals surface area (Å²) in [5.74, 6) is -0.355. The standard InChI is InChI=1S/C17H22F3NO2/c1-11(16(23)21-10-13-3-2-4-15(13)22)9-12-5-7-14(8-6-12)17(18,19)20/h5-8,11,13,15,22H,2-4,9-10H2,1H3,(H,21,23). The number of nitrogens with one attached hydrogen (secondary N) is 1. The average Bonchev–Trinajstić information content (AvgIpc) is 2.89. The Morgan fingerprint density at radius 3 is 2.48 bits per heavy atom. The summed E-state index contributed by atoms with van der Waals surface area (Å²) in [4.78, 5) is 12.1. The minimum absolute atomic E-state index is 0.109. The first-order valence-corrected chi connectivity index (χ1v) is 7.89. The van der Waals surface area contributed by atoms with Crippen LogP contribution in [0.4, 0.5) is 13.2 Å². The van der Waals surface area contributed by atoms with Crippen molar-refractivity contribution in [2.45, 2.75) is 44.9 Å². The quantitative estimate of drug-likeness (QED) is 0.872. The second-order valence-corrected chi connectivity index (χ2v) is 6.30. The molecule has 0 aliphatic heterocycles. The highest BCUT2D eigenvalue weighted by atomic mass is 19.4. The highest BCUT2D eigenvalue weighted by Crippen LogP contribution is 2.29. The van der Waals surface area contributed by atoms with Crippen LogP contribution in [0.2, 0.25) is 0 Å². The fraction of sp³-hybridized carbons (Fsp3) is 0.588. The predicted molar refractivity (Wildman–Crippen MR) is 80.7 cm³/mol. The number of carbonyl (C=O) groups is 1. The first-order valence-electron chi connectivity index (χ1n) is 7.89. The lowest BCUT2D eigenvalue weighted by Crippen LogP contribution is -2.36. The summed E-state index contributed by atoms with van der Waals surface area (Å²) in [6, 6.07) is 4.89. The summed E-state index contributed by atoms with van der Waals surface area (Å²) in [5.41, 5.74) is 0.00938. The second-order valence-electron chi connectivity index (χ2n) is 6.30. The molecule has 1 saturated carbocycles. The fourth-order valence-corrected chi connectivity index (χ4v) is 2.94. The molecule has 1 aromatic rings. The van der Waals surface area contributed by atoms with Crippen molar-refractivity contribution in [3.63, 3.8) is 0 Å². The lowest BCUT2D eigenvalue weighted by molar-refractivity contribution is -0.137. The van der Waals surface area contributed by atoms with Crippen molar-refractivity contribution >= 4 is 5.91 Å². The van der Waals surface area contributed by atoms with E-state index in [1.165, 1.54) is 12.1 Å². The summed E-state index contributed by atoms with van der Waals surface area (Å²) in [6.45, 7) is 2.20. The van der Waals surface area contributed by atoms with Gasteiger partial charge in [-0.2, -0.15) is 13.2 Å². The Hall–Kier alpha value is -1.56. The van der Waals surface area contributed by atoms with Gasteiger partial charge in [0.05, 0.1) is 11.7 Å². The highest BCUT2D eigenvalue weighted by Gasteiger charge is 2.30.